The molecule has 0 N–H and O–H groups in total. The van der Waals surface area contributed by atoms with E-state index in [9.17, 15) is 4.79 Å². The molecule has 4 rings (SSSR count). The van der Waals surface area contributed by atoms with Gasteiger partial charge in [-0.2, -0.15) is 9.78 Å². The zero-order chi connectivity index (χ0) is 25.8. The van der Waals surface area contributed by atoms with Crippen LogP contribution in [0.15, 0.2) is 69.0 Å². The van der Waals surface area contributed by atoms with Crippen LogP contribution < -0.4 is 15.0 Å². The van der Waals surface area contributed by atoms with E-state index in [0.717, 1.165) is 16.5 Å². The van der Waals surface area contributed by atoms with Crippen molar-refractivity contribution in [2.75, 3.05) is 7.11 Å². The van der Waals surface area contributed by atoms with E-state index >= 15 is 0 Å². The molecule has 0 fully saturated rings. The Hall–Kier alpha value is -2.87. The highest BCUT2D eigenvalue weighted by molar-refractivity contribution is 9.10. The second-order valence-corrected chi connectivity index (χ2v) is 9.95. The van der Waals surface area contributed by atoms with E-state index in [1.807, 2.05) is 44.2 Å². The van der Waals surface area contributed by atoms with E-state index in [-0.39, 0.29) is 18.1 Å². The Morgan fingerprint density at radius 1 is 1.14 bits per heavy atom. The fraction of sp³-hybridized carbons (Fsp3) is 0.222. The molecule has 0 spiro atoms. The highest BCUT2D eigenvalue weighted by Gasteiger charge is 2.16. The number of hydrogen-bond acceptors (Lipinski definition) is 5. The van der Waals surface area contributed by atoms with Crippen molar-refractivity contribution in [3.8, 4) is 11.5 Å². The lowest BCUT2D eigenvalue weighted by molar-refractivity contribution is 0.285. The molecule has 0 aliphatic rings. The zero-order valence-corrected chi connectivity index (χ0v) is 23.1. The molecular formula is C27H24BrCl2N3O3. The largest absolute Gasteiger partial charge is 0.493 e. The van der Waals surface area contributed by atoms with Gasteiger partial charge < -0.3 is 9.47 Å². The third kappa shape index (κ3) is 5.59. The van der Waals surface area contributed by atoms with Gasteiger partial charge in [0.2, 0.25) is 0 Å². The first-order valence-corrected chi connectivity index (χ1v) is 12.9. The number of ether oxygens (including phenoxy) is 2. The van der Waals surface area contributed by atoms with E-state index < -0.39 is 0 Å². The lowest BCUT2D eigenvalue weighted by atomic mass is 10.1. The van der Waals surface area contributed by atoms with Crippen molar-refractivity contribution < 1.29 is 9.47 Å². The molecule has 1 atom stereocenters. The molecule has 0 radical (unpaired) electrons. The summed E-state index contributed by atoms with van der Waals surface area (Å²) in [7, 11) is 1.53. The predicted octanol–water partition coefficient (Wildman–Crippen LogP) is 7.45. The van der Waals surface area contributed by atoms with Crippen LogP contribution in [0, 0.1) is 0 Å². The van der Waals surface area contributed by atoms with Crippen LogP contribution in [0.1, 0.15) is 43.1 Å². The van der Waals surface area contributed by atoms with Crippen molar-refractivity contribution in [1.82, 2.24) is 9.66 Å². The Labute approximate surface area is 227 Å². The molecule has 9 heteroatoms. The minimum absolute atomic E-state index is 0.0293. The Bertz CT molecular complexity index is 1500. The number of benzene rings is 3. The average Bonchev–Trinajstić information content (AvgIpc) is 2.87. The first-order valence-electron chi connectivity index (χ1n) is 11.3. The van der Waals surface area contributed by atoms with Gasteiger partial charge in [0.05, 0.1) is 29.2 Å². The summed E-state index contributed by atoms with van der Waals surface area (Å²) in [4.78, 5) is 18.1. The Kier molecular flexibility index (Phi) is 8.34. The number of halogens is 3. The van der Waals surface area contributed by atoms with Crippen LogP contribution in [0.25, 0.3) is 10.9 Å². The average molecular weight is 589 g/mol. The number of hydrogen-bond donors (Lipinski definition) is 0. The van der Waals surface area contributed by atoms with Gasteiger partial charge >= 0.3 is 0 Å². The van der Waals surface area contributed by atoms with Crippen LogP contribution in [-0.4, -0.2) is 23.0 Å². The highest BCUT2D eigenvalue weighted by Crippen LogP contribution is 2.37. The predicted molar refractivity (Wildman–Crippen MR) is 149 cm³/mol. The lowest BCUT2D eigenvalue weighted by Crippen LogP contribution is -2.23. The molecule has 0 saturated heterocycles. The summed E-state index contributed by atoms with van der Waals surface area (Å²) in [5.41, 5.74) is 1.86. The zero-order valence-electron chi connectivity index (χ0n) is 20.0. The Morgan fingerprint density at radius 2 is 1.92 bits per heavy atom. The van der Waals surface area contributed by atoms with Crippen LogP contribution in [0.2, 0.25) is 10.0 Å². The van der Waals surface area contributed by atoms with Gasteiger partial charge in [0.1, 0.15) is 12.4 Å². The van der Waals surface area contributed by atoms with Gasteiger partial charge in [0.25, 0.3) is 5.56 Å². The maximum atomic E-state index is 13.3. The van der Waals surface area contributed by atoms with Crippen molar-refractivity contribution in [3.63, 3.8) is 0 Å². The third-order valence-electron chi connectivity index (χ3n) is 5.79. The van der Waals surface area contributed by atoms with Gasteiger partial charge in [-0.1, -0.05) is 71.2 Å². The summed E-state index contributed by atoms with van der Waals surface area (Å²) in [5.74, 6) is 1.45. The third-order valence-corrected chi connectivity index (χ3v) is 6.93. The smallest absolute Gasteiger partial charge is 0.282 e. The molecule has 0 unspecified atom stereocenters. The van der Waals surface area contributed by atoms with Gasteiger partial charge in [-0.05, 0) is 48.4 Å². The first kappa shape index (κ1) is 26.2. The topological polar surface area (TPSA) is 65.7 Å². The van der Waals surface area contributed by atoms with Gasteiger partial charge in [-0.25, -0.2) is 4.98 Å². The van der Waals surface area contributed by atoms with E-state index in [1.165, 1.54) is 11.8 Å². The first-order chi connectivity index (χ1) is 17.3. The number of nitrogens with zero attached hydrogens (tertiary/aromatic N) is 3. The lowest BCUT2D eigenvalue weighted by Gasteiger charge is -2.15. The molecule has 1 aromatic heterocycles. The van der Waals surface area contributed by atoms with E-state index in [1.54, 1.807) is 30.5 Å². The van der Waals surface area contributed by atoms with Gasteiger partial charge in [0, 0.05) is 21.0 Å². The molecule has 0 aliphatic heterocycles. The van der Waals surface area contributed by atoms with Crippen molar-refractivity contribution in [2.24, 2.45) is 5.10 Å². The number of rotatable bonds is 8. The summed E-state index contributed by atoms with van der Waals surface area (Å²) in [6.45, 7) is 4.29. The van der Waals surface area contributed by atoms with Crippen LogP contribution in [0.5, 0.6) is 11.5 Å². The molecule has 36 heavy (non-hydrogen) atoms. The van der Waals surface area contributed by atoms with Crippen molar-refractivity contribution >= 4 is 56.2 Å². The van der Waals surface area contributed by atoms with Gasteiger partial charge in [-0.15, -0.1) is 0 Å². The normalized spacial score (nSPS) is 12.3. The molecule has 4 aromatic rings. The molecule has 1 heterocycles. The van der Waals surface area contributed by atoms with Crippen molar-refractivity contribution in [2.45, 2.75) is 32.8 Å². The van der Waals surface area contributed by atoms with Gasteiger partial charge in [-0.3, -0.25) is 4.79 Å². The summed E-state index contributed by atoms with van der Waals surface area (Å²) < 4.78 is 13.6. The van der Waals surface area contributed by atoms with Crippen LogP contribution in [0.4, 0.5) is 0 Å². The summed E-state index contributed by atoms with van der Waals surface area (Å²) >= 11 is 16.2. The molecule has 0 bridgehead atoms. The maximum Gasteiger partial charge on any atom is 0.282 e. The summed E-state index contributed by atoms with van der Waals surface area (Å²) in [6.07, 6.45) is 2.37. The quantitative estimate of drug-likeness (QED) is 0.200. The van der Waals surface area contributed by atoms with Crippen LogP contribution >= 0.6 is 39.1 Å². The van der Waals surface area contributed by atoms with E-state index in [4.69, 9.17) is 37.7 Å². The van der Waals surface area contributed by atoms with Crippen molar-refractivity contribution in [1.29, 1.82) is 0 Å². The Morgan fingerprint density at radius 3 is 2.64 bits per heavy atom. The SMILES string of the molecule is CC[C@@H](C)c1nc2ccc(Br)cc2c(=O)n1N=Cc1cc(Cl)c(OCc2ccccc2Cl)c(OC)c1. The molecule has 0 aliphatic carbocycles. The molecule has 0 saturated carbocycles. The molecule has 186 valence electrons. The Balaban J connectivity index is 1.71. The van der Waals surface area contributed by atoms with Crippen molar-refractivity contribution in [3.05, 3.63) is 96.4 Å². The van der Waals surface area contributed by atoms with E-state index in [0.29, 0.717) is 43.8 Å². The van der Waals surface area contributed by atoms with Gasteiger partial charge in [0.15, 0.2) is 11.5 Å². The fourth-order valence-corrected chi connectivity index (χ4v) is 4.45. The standard InChI is InChI=1S/C27H24BrCl2N3O3/c1-4-16(2)26-32-23-10-9-19(28)13-20(23)27(34)33(26)31-14-17-11-22(30)25(24(12-17)35-3)36-15-18-7-5-6-8-21(18)29/h5-14,16H,4,15H2,1-3H3/t16-/m1/s1. The maximum absolute atomic E-state index is 13.3. The monoisotopic (exact) mass is 587 g/mol. The minimum atomic E-state index is -0.245. The van der Waals surface area contributed by atoms with Crippen LogP contribution in [0.3, 0.4) is 0 Å². The number of methoxy groups -OCH3 is 1. The summed E-state index contributed by atoms with van der Waals surface area (Å²) in [5, 5.41) is 5.94. The molecule has 0 amide bonds. The van der Waals surface area contributed by atoms with E-state index in [2.05, 4.69) is 21.0 Å². The molecule has 3 aromatic carbocycles. The number of aromatic nitrogens is 2. The highest BCUT2D eigenvalue weighted by atomic mass is 79.9. The molecule has 6 nitrogen and oxygen atoms in total. The summed E-state index contributed by atoms with van der Waals surface area (Å²) in [6, 6.07) is 16.3. The van der Waals surface area contributed by atoms with Crippen LogP contribution in [-0.2, 0) is 6.61 Å². The number of fused-ring (bicyclic) bond motifs is 1. The minimum Gasteiger partial charge on any atom is -0.493 e. The second kappa shape index (κ2) is 11.5. The second-order valence-electron chi connectivity index (χ2n) is 8.22. The molecular weight excluding hydrogens is 565 g/mol. The fourth-order valence-electron chi connectivity index (χ4n) is 3.62.